The number of rotatable bonds is 5. The second-order valence-corrected chi connectivity index (χ2v) is 8.45. The van der Waals surface area contributed by atoms with Crippen LogP contribution in [0.5, 0.6) is 0 Å². The van der Waals surface area contributed by atoms with E-state index in [0.717, 1.165) is 24.6 Å². The molecule has 0 radical (unpaired) electrons. The van der Waals surface area contributed by atoms with E-state index >= 15 is 0 Å². The smallest absolute Gasteiger partial charge is 0.257 e. The van der Waals surface area contributed by atoms with Crippen LogP contribution >= 0.6 is 11.6 Å². The van der Waals surface area contributed by atoms with Gasteiger partial charge in [-0.15, -0.1) is 0 Å². The minimum Gasteiger partial charge on any atom is -0.354 e. The normalized spacial score (nSPS) is 13.5. The van der Waals surface area contributed by atoms with E-state index in [0.29, 0.717) is 35.1 Å². The molecule has 1 saturated heterocycles. The monoisotopic (exact) mass is 463 g/mol. The van der Waals surface area contributed by atoms with Crippen LogP contribution in [-0.4, -0.2) is 47.9 Å². The molecule has 2 aromatic carbocycles. The number of hydrogen-bond donors (Lipinski definition) is 2. The highest BCUT2D eigenvalue weighted by Gasteiger charge is 2.19. The molecule has 2 amide bonds. The lowest BCUT2D eigenvalue weighted by Gasteiger charge is -2.34. The Bertz CT molecular complexity index is 1140. The highest BCUT2D eigenvalue weighted by atomic mass is 35.5. The van der Waals surface area contributed by atoms with Crippen molar-refractivity contribution in [3.8, 4) is 0 Å². The van der Waals surface area contributed by atoms with Crippen molar-refractivity contribution in [2.24, 2.45) is 0 Å². The quantitative estimate of drug-likeness (QED) is 0.573. The minimum absolute atomic E-state index is 0.0917. The molecule has 33 heavy (non-hydrogen) atoms. The first-order valence-electron chi connectivity index (χ1n) is 10.8. The molecule has 1 aliphatic heterocycles. The molecule has 0 aliphatic carbocycles. The highest BCUT2D eigenvalue weighted by Crippen LogP contribution is 2.29. The Hall–Kier alpha value is -3.58. The lowest BCUT2D eigenvalue weighted by Crippen LogP contribution is -2.48. The molecule has 0 unspecified atom stereocenters. The lowest BCUT2D eigenvalue weighted by molar-refractivity contribution is -0.129. The summed E-state index contributed by atoms with van der Waals surface area (Å²) in [4.78, 5) is 32.6. The van der Waals surface area contributed by atoms with Crippen molar-refractivity contribution < 1.29 is 9.59 Å². The number of nitrogens with one attached hydrogen (secondary N) is 2. The molecular formula is C25H26ClN5O2. The van der Waals surface area contributed by atoms with E-state index in [-0.39, 0.29) is 11.8 Å². The summed E-state index contributed by atoms with van der Waals surface area (Å²) >= 11 is 6.34. The van der Waals surface area contributed by atoms with Gasteiger partial charge in [-0.25, -0.2) is 4.98 Å². The molecule has 1 fully saturated rings. The van der Waals surface area contributed by atoms with Crippen molar-refractivity contribution in [2.75, 3.05) is 41.7 Å². The molecule has 2 heterocycles. The number of aryl methyl sites for hydroxylation is 1. The topological polar surface area (TPSA) is 77.6 Å². The van der Waals surface area contributed by atoms with E-state index in [1.165, 1.54) is 5.56 Å². The van der Waals surface area contributed by atoms with Crippen LogP contribution in [0.4, 0.5) is 22.9 Å². The average Bonchev–Trinajstić information content (AvgIpc) is 2.83. The number of nitrogens with zero attached hydrogens (tertiary/aromatic N) is 3. The molecule has 0 atom stereocenters. The molecule has 1 aromatic heterocycles. The summed E-state index contributed by atoms with van der Waals surface area (Å²) in [5.41, 5.74) is 3.88. The molecule has 2 N–H and O–H groups in total. The van der Waals surface area contributed by atoms with Crippen LogP contribution in [-0.2, 0) is 4.79 Å². The van der Waals surface area contributed by atoms with Gasteiger partial charge in [-0.3, -0.25) is 9.59 Å². The second kappa shape index (κ2) is 9.92. The molecule has 4 rings (SSSR count). The Morgan fingerprint density at radius 1 is 0.939 bits per heavy atom. The first kappa shape index (κ1) is 22.6. The maximum atomic E-state index is 12.7. The molecule has 7 nitrogen and oxygen atoms in total. The van der Waals surface area contributed by atoms with Crippen LogP contribution in [0.25, 0.3) is 0 Å². The van der Waals surface area contributed by atoms with Crippen molar-refractivity contribution in [3.05, 3.63) is 76.9 Å². The predicted octanol–water partition coefficient (Wildman–Crippen LogP) is 4.71. The van der Waals surface area contributed by atoms with Gasteiger partial charge in [-0.1, -0.05) is 29.3 Å². The fraction of sp³-hybridized carbons (Fsp3) is 0.240. The van der Waals surface area contributed by atoms with Crippen LogP contribution in [0.1, 0.15) is 22.8 Å². The van der Waals surface area contributed by atoms with Crippen LogP contribution in [0.2, 0.25) is 5.02 Å². The number of benzene rings is 2. The Morgan fingerprint density at radius 2 is 1.64 bits per heavy atom. The zero-order chi connectivity index (χ0) is 23.4. The summed E-state index contributed by atoms with van der Waals surface area (Å²) in [5, 5.41) is 6.74. The van der Waals surface area contributed by atoms with Crippen molar-refractivity contribution in [1.82, 2.24) is 9.88 Å². The van der Waals surface area contributed by atoms with E-state index in [4.69, 9.17) is 11.6 Å². The summed E-state index contributed by atoms with van der Waals surface area (Å²) in [6, 6.07) is 16.9. The Labute approximate surface area is 198 Å². The largest absolute Gasteiger partial charge is 0.354 e. The third-order valence-corrected chi connectivity index (χ3v) is 5.94. The van der Waals surface area contributed by atoms with Gasteiger partial charge >= 0.3 is 0 Å². The third kappa shape index (κ3) is 5.62. The average molecular weight is 464 g/mol. The molecular weight excluding hydrogens is 438 g/mol. The maximum absolute atomic E-state index is 12.7. The van der Waals surface area contributed by atoms with Crippen LogP contribution in [0.15, 0.2) is 60.8 Å². The summed E-state index contributed by atoms with van der Waals surface area (Å²) in [5.74, 6) is 0.638. The van der Waals surface area contributed by atoms with Crippen LogP contribution in [0.3, 0.4) is 0 Å². The molecule has 0 spiro atoms. The molecule has 1 aliphatic rings. The number of pyridine rings is 1. The van der Waals surface area contributed by atoms with Gasteiger partial charge in [0.25, 0.3) is 5.91 Å². The van der Waals surface area contributed by atoms with Gasteiger partial charge in [0, 0.05) is 50.7 Å². The zero-order valence-electron chi connectivity index (χ0n) is 18.6. The number of piperazine rings is 1. The van der Waals surface area contributed by atoms with Gasteiger partial charge in [0.05, 0.1) is 16.3 Å². The van der Waals surface area contributed by atoms with Gasteiger partial charge < -0.3 is 20.4 Å². The number of aromatic nitrogens is 1. The Balaban J connectivity index is 1.40. The summed E-state index contributed by atoms with van der Waals surface area (Å²) in [6.45, 7) is 6.41. The molecule has 0 saturated carbocycles. The Morgan fingerprint density at radius 3 is 2.27 bits per heavy atom. The van der Waals surface area contributed by atoms with E-state index < -0.39 is 0 Å². The molecule has 3 aromatic rings. The summed E-state index contributed by atoms with van der Waals surface area (Å²) in [6.07, 6.45) is 1.57. The van der Waals surface area contributed by atoms with Crippen molar-refractivity contribution in [2.45, 2.75) is 13.8 Å². The van der Waals surface area contributed by atoms with Gasteiger partial charge in [0.2, 0.25) is 5.91 Å². The van der Waals surface area contributed by atoms with Gasteiger partial charge in [0.1, 0.15) is 5.82 Å². The maximum Gasteiger partial charge on any atom is 0.257 e. The van der Waals surface area contributed by atoms with Crippen molar-refractivity contribution in [1.29, 1.82) is 0 Å². The number of amides is 2. The van der Waals surface area contributed by atoms with Crippen LogP contribution in [0, 0.1) is 6.92 Å². The van der Waals surface area contributed by atoms with Gasteiger partial charge in [-0.05, 0) is 49.4 Å². The number of anilines is 4. The molecule has 8 heteroatoms. The molecule has 0 bridgehead atoms. The third-order valence-electron chi connectivity index (χ3n) is 5.61. The fourth-order valence-corrected chi connectivity index (χ4v) is 3.82. The summed E-state index contributed by atoms with van der Waals surface area (Å²) in [7, 11) is 0. The highest BCUT2D eigenvalue weighted by molar-refractivity contribution is 6.33. The summed E-state index contributed by atoms with van der Waals surface area (Å²) < 4.78 is 0. The standard InChI is InChI=1S/C25H26ClN5O2/c1-17-3-6-20(7-4-17)28-23-15-21(8-9-22(23)26)29-25(33)19-5-10-24(27-16-19)31-13-11-30(12-14-31)18(2)32/h3-10,15-16,28H,11-14H2,1-2H3,(H,29,33). The van der Waals surface area contributed by atoms with Gasteiger partial charge in [-0.2, -0.15) is 0 Å². The van der Waals surface area contributed by atoms with Crippen LogP contribution < -0.4 is 15.5 Å². The predicted molar refractivity (Wildman–Crippen MR) is 133 cm³/mol. The van der Waals surface area contributed by atoms with E-state index in [1.54, 1.807) is 37.4 Å². The number of halogens is 1. The van der Waals surface area contributed by atoms with Gasteiger partial charge in [0.15, 0.2) is 0 Å². The zero-order valence-corrected chi connectivity index (χ0v) is 19.4. The Kier molecular flexibility index (Phi) is 6.79. The number of hydrogen-bond acceptors (Lipinski definition) is 5. The molecule has 170 valence electrons. The first-order valence-corrected chi connectivity index (χ1v) is 11.2. The SMILES string of the molecule is CC(=O)N1CCN(c2ccc(C(=O)Nc3ccc(Cl)c(Nc4ccc(C)cc4)c3)cn2)CC1. The minimum atomic E-state index is -0.251. The first-order chi connectivity index (χ1) is 15.9. The second-order valence-electron chi connectivity index (χ2n) is 8.04. The number of carbonyl (C=O) groups is 2. The van der Waals surface area contributed by atoms with E-state index in [1.807, 2.05) is 42.2 Å². The van der Waals surface area contributed by atoms with Crippen molar-refractivity contribution >= 4 is 46.3 Å². The number of carbonyl (C=O) groups excluding carboxylic acids is 2. The van der Waals surface area contributed by atoms with E-state index in [2.05, 4.69) is 20.5 Å². The fourth-order valence-electron chi connectivity index (χ4n) is 3.65. The lowest BCUT2D eigenvalue weighted by atomic mass is 10.2. The van der Waals surface area contributed by atoms with E-state index in [9.17, 15) is 9.59 Å². The van der Waals surface area contributed by atoms with Crippen molar-refractivity contribution in [3.63, 3.8) is 0 Å².